The summed E-state index contributed by atoms with van der Waals surface area (Å²) in [7, 11) is 1.31. The van der Waals surface area contributed by atoms with Gasteiger partial charge < -0.3 is 19.1 Å². The second-order valence-electron chi connectivity index (χ2n) is 6.92. The van der Waals surface area contributed by atoms with E-state index in [2.05, 4.69) is 4.74 Å². The predicted octanol–water partition coefficient (Wildman–Crippen LogP) is 3.90. The maximum absolute atomic E-state index is 12.3. The number of methoxy groups -OCH3 is 1. The van der Waals surface area contributed by atoms with Gasteiger partial charge in [0.1, 0.15) is 18.0 Å². The number of carbonyl (C=O) groups is 2. The molecule has 1 heterocycles. The van der Waals surface area contributed by atoms with Crippen LogP contribution in [0.1, 0.15) is 44.0 Å². The van der Waals surface area contributed by atoms with Gasteiger partial charge in [0.05, 0.1) is 23.7 Å². The summed E-state index contributed by atoms with van der Waals surface area (Å²) < 4.78 is 15.9. The monoisotopic (exact) mass is 369 g/mol. The van der Waals surface area contributed by atoms with Crippen molar-refractivity contribution >= 4 is 23.7 Å². The minimum absolute atomic E-state index is 0.0637. The van der Waals surface area contributed by atoms with Crippen LogP contribution in [-0.4, -0.2) is 48.9 Å². The summed E-state index contributed by atoms with van der Waals surface area (Å²) >= 11 is 6.16. The number of rotatable bonds is 4. The van der Waals surface area contributed by atoms with Gasteiger partial charge in [-0.05, 0) is 51.8 Å². The van der Waals surface area contributed by atoms with Crippen molar-refractivity contribution in [1.82, 2.24) is 4.90 Å². The largest absolute Gasteiger partial charge is 0.490 e. The van der Waals surface area contributed by atoms with Crippen LogP contribution >= 0.6 is 11.6 Å². The topological polar surface area (TPSA) is 65.1 Å². The van der Waals surface area contributed by atoms with E-state index in [1.807, 2.05) is 20.8 Å². The molecule has 1 aliphatic rings. The third-order valence-corrected chi connectivity index (χ3v) is 4.08. The van der Waals surface area contributed by atoms with Gasteiger partial charge in [-0.25, -0.2) is 9.59 Å². The Morgan fingerprint density at radius 2 is 2.04 bits per heavy atom. The molecule has 0 spiro atoms. The maximum atomic E-state index is 12.3. The SMILES string of the molecule is COC(=O)c1ccc(OC[C@@H]2CCCN2C(=O)OC(C)(C)C)c(Cl)c1. The summed E-state index contributed by atoms with van der Waals surface area (Å²) in [5, 5.41) is 0.324. The van der Waals surface area contributed by atoms with E-state index < -0.39 is 11.6 Å². The summed E-state index contributed by atoms with van der Waals surface area (Å²) in [5.74, 6) is 0.00528. The van der Waals surface area contributed by atoms with Crippen LogP contribution in [0.2, 0.25) is 5.02 Å². The molecular weight excluding hydrogens is 346 g/mol. The first kappa shape index (κ1) is 19.4. The molecule has 25 heavy (non-hydrogen) atoms. The summed E-state index contributed by atoms with van der Waals surface area (Å²) in [5.41, 5.74) is -0.172. The number of nitrogens with zero attached hydrogens (tertiary/aromatic N) is 1. The van der Waals surface area contributed by atoms with Crippen molar-refractivity contribution < 1.29 is 23.8 Å². The van der Waals surface area contributed by atoms with Crippen LogP contribution in [0.3, 0.4) is 0 Å². The number of hydrogen-bond acceptors (Lipinski definition) is 5. The highest BCUT2D eigenvalue weighted by Crippen LogP contribution is 2.28. The molecule has 7 heteroatoms. The zero-order chi connectivity index (χ0) is 18.6. The molecule has 0 bridgehead atoms. The number of halogens is 1. The summed E-state index contributed by atoms with van der Waals surface area (Å²) in [6.07, 6.45) is 1.42. The molecule has 0 N–H and O–H groups in total. The first-order chi connectivity index (χ1) is 11.7. The lowest BCUT2D eigenvalue weighted by Crippen LogP contribution is -2.42. The van der Waals surface area contributed by atoms with E-state index in [9.17, 15) is 9.59 Å². The van der Waals surface area contributed by atoms with Gasteiger partial charge in [0.25, 0.3) is 0 Å². The Morgan fingerprint density at radius 1 is 1.32 bits per heavy atom. The second-order valence-corrected chi connectivity index (χ2v) is 7.32. The third-order valence-electron chi connectivity index (χ3n) is 3.79. The maximum Gasteiger partial charge on any atom is 0.410 e. The zero-order valence-electron chi connectivity index (χ0n) is 15.0. The average Bonchev–Trinajstić information content (AvgIpc) is 3.00. The second kappa shape index (κ2) is 7.95. The molecule has 0 aliphatic carbocycles. The van der Waals surface area contributed by atoms with Crippen LogP contribution in [0, 0.1) is 0 Å². The van der Waals surface area contributed by atoms with Crippen molar-refractivity contribution in [3.63, 3.8) is 0 Å². The smallest absolute Gasteiger partial charge is 0.410 e. The highest BCUT2D eigenvalue weighted by Gasteiger charge is 2.32. The fourth-order valence-electron chi connectivity index (χ4n) is 2.62. The zero-order valence-corrected chi connectivity index (χ0v) is 15.8. The summed E-state index contributed by atoms with van der Waals surface area (Å²) in [4.78, 5) is 25.5. The van der Waals surface area contributed by atoms with Crippen LogP contribution in [0.15, 0.2) is 18.2 Å². The molecule has 2 rings (SSSR count). The number of ether oxygens (including phenoxy) is 3. The van der Waals surface area contributed by atoms with Crippen LogP contribution in [-0.2, 0) is 9.47 Å². The van der Waals surface area contributed by atoms with Crippen molar-refractivity contribution in [2.45, 2.75) is 45.3 Å². The standard InChI is InChI=1S/C18H24ClNO5/c1-18(2,3)25-17(22)20-9-5-6-13(20)11-24-15-8-7-12(10-14(15)19)16(21)23-4/h7-8,10,13H,5-6,9,11H2,1-4H3/t13-/m0/s1. The fourth-order valence-corrected chi connectivity index (χ4v) is 2.85. The van der Waals surface area contributed by atoms with Gasteiger partial charge >= 0.3 is 12.1 Å². The lowest BCUT2D eigenvalue weighted by Gasteiger charge is -2.28. The van der Waals surface area contributed by atoms with E-state index in [-0.39, 0.29) is 12.1 Å². The average molecular weight is 370 g/mol. The van der Waals surface area contributed by atoms with Crippen LogP contribution < -0.4 is 4.74 Å². The summed E-state index contributed by atoms with van der Waals surface area (Å²) in [6, 6.07) is 4.66. The molecule has 1 aromatic carbocycles. The predicted molar refractivity (Wildman–Crippen MR) is 94.2 cm³/mol. The number of hydrogen-bond donors (Lipinski definition) is 0. The van der Waals surface area contributed by atoms with Crippen molar-refractivity contribution in [2.24, 2.45) is 0 Å². The molecular formula is C18H24ClNO5. The Labute approximate surface area is 153 Å². The minimum Gasteiger partial charge on any atom is -0.490 e. The number of amides is 1. The van der Waals surface area contributed by atoms with E-state index in [1.165, 1.54) is 13.2 Å². The quantitative estimate of drug-likeness (QED) is 0.753. The number of likely N-dealkylation sites (tertiary alicyclic amines) is 1. The van der Waals surface area contributed by atoms with E-state index in [1.54, 1.807) is 17.0 Å². The van der Waals surface area contributed by atoms with Crippen LogP contribution in [0.25, 0.3) is 0 Å². The Kier molecular flexibility index (Phi) is 6.16. The van der Waals surface area contributed by atoms with Crippen molar-refractivity contribution in [1.29, 1.82) is 0 Å². The molecule has 1 amide bonds. The number of benzene rings is 1. The Bertz CT molecular complexity index is 641. The van der Waals surface area contributed by atoms with Gasteiger partial charge in [0.2, 0.25) is 0 Å². The molecule has 0 saturated carbocycles. The molecule has 0 aromatic heterocycles. The first-order valence-corrected chi connectivity index (χ1v) is 8.59. The van der Waals surface area contributed by atoms with Gasteiger partial charge in [-0.1, -0.05) is 11.6 Å². The Morgan fingerprint density at radius 3 is 2.64 bits per heavy atom. The van der Waals surface area contributed by atoms with Crippen molar-refractivity contribution in [3.8, 4) is 5.75 Å². The molecule has 6 nitrogen and oxygen atoms in total. The molecule has 1 saturated heterocycles. The highest BCUT2D eigenvalue weighted by molar-refractivity contribution is 6.32. The number of carbonyl (C=O) groups excluding carboxylic acids is 2. The van der Waals surface area contributed by atoms with E-state index >= 15 is 0 Å². The Hall–Kier alpha value is -1.95. The van der Waals surface area contributed by atoms with Gasteiger partial charge in [-0.3, -0.25) is 0 Å². The molecule has 1 aliphatic heterocycles. The molecule has 0 radical (unpaired) electrons. The molecule has 1 aromatic rings. The van der Waals surface area contributed by atoms with Crippen LogP contribution in [0.4, 0.5) is 4.79 Å². The van der Waals surface area contributed by atoms with Crippen molar-refractivity contribution in [2.75, 3.05) is 20.3 Å². The highest BCUT2D eigenvalue weighted by atomic mass is 35.5. The van der Waals surface area contributed by atoms with E-state index in [4.69, 9.17) is 21.1 Å². The van der Waals surface area contributed by atoms with E-state index in [0.29, 0.717) is 29.5 Å². The number of esters is 1. The molecule has 138 valence electrons. The molecule has 1 atom stereocenters. The first-order valence-electron chi connectivity index (χ1n) is 8.21. The van der Waals surface area contributed by atoms with Gasteiger partial charge in [0, 0.05) is 6.54 Å². The molecule has 1 fully saturated rings. The molecule has 0 unspecified atom stereocenters. The third kappa shape index (κ3) is 5.26. The minimum atomic E-state index is -0.530. The lowest BCUT2D eigenvalue weighted by molar-refractivity contribution is 0.0187. The lowest BCUT2D eigenvalue weighted by atomic mass is 10.2. The summed E-state index contributed by atoms with van der Waals surface area (Å²) in [6.45, 7) is 6.49. The Balaban J connectivity index is 1.98. The van der Waals surface area contributed by atoms with Gasteiger partial charge in [0.15, 0.2) is 0 Å². The van der Waals surface area contributed by atoms with Crippen molar-refractivity contribution in [3.05, 3.63) is 28.8 Å². The fraction of sp³-hybridized carbons (Fsp3) is 0.556. The van der Waals surface area contributed by atoms with Crippen LogP contribution in [0.5, 0.6) is 5.75 Å². The normalized spacial score (nSPS) is 17.3. The van der Waals surface area contributed by atoms with E-state index in [0.717, 1.165) is 12.8 Å². The van der Waals surface area contributed by atoms with Gasteiger partial charge in [-0.15, -0.1) is 0 Å². The van der Waals surface area contributed by atoms with Gasteiger partial charge in [-0.2, -0.15) is 0 Å².